The number of carbonyl (C=O) groups is 2. The van der Waals surface area contributed by atoms with E-state index in [0.29, 0.717) is 40.5 Å². The van der Waals surface area contributed by atoms with Crippen molar-refractivity contribution in [2.75, 3.05) is 7.11 Å². The predicted molar refractivity (Wildman–Crippen MR) is 157 cm³/mol. The topological polar surface area (TPSA) is 132 Å². The fourth-order valence-electron chi connectivity index (χ4n) is 4.70. The summed E-state index contributed by atoms with van der Waals surface area (Å²) < 4.78 is 22.1. The van der Waals surface area contributed by atoms with Gasteiger partial charge in [0.05, 0.1) is 24.3 Å². The van der Waals surface area contributed by atoms with Gasteiger partial charge in [0, 0.05) is 31.4 Å². The number of hydrogen-bond acceptors (Lipinski definition) is 9. The number of phenols is 2. The molecule has 3 N–H and O–H groups in total. The quantitative estimate of drug-likeness (QED) is 0.207. The Labute approximate surface area is 244 Å². The van der Waals surface area contributed by atoms with Gasteiger partial charge in [-0.05, 0) is 81.8 Å². The number of aliphatic hydroxyl groups excluding tert-OH is 1. The summed E-state index contributed by atoms with van der Waals surface area (Å²) in [4.78, 5) is 23.5. The summed E-state index contributed by atoms with van der Waals surface area (Å²) in [5.41, 5.74) is 1.22. The van der Waals surface area contributed by atoms with Gasteiger partial charge >= 0.3 is 5.97 Å². The van der Waals surface area contributed by atoms with Gasteiger partial charge in [0.1, 0.15) is 45.7 Å². The van der Waals surface area contributed by atoms with E-state index < -0.39 is 17.3 Å². The summed E-state index contributed by atoms with van der Waals surface area (Å²) in [5.74, 6) is 1.60. The molecule has 5 rings (SSSR count). The van der Waals surface area contributed by atoms with Crippen LogP contribution in [0, 0.1) is 0 Å². The van der Waals surface area contributed by atoms with Crippen LogP contribution >= 0.6 is 0 Å². The highest BCUT2D eigenvalue weighted by molar-refractivity contribution is 6.01. The van der Waals surface area contributed by atoms with E-state index in [1.165, 1.54) is 37.3 Å². The van der Waals surface area contributed by atoms with Gasteiger partial charge in [-0.15, -0.1) is 0 Å². The second-order valence-electron chi connectivity index (χ2n) is 11.3. The van der Waals surface area contributed by atoms with Crippen molar-refractivity contribution in [2.24, 2.45) is 0 Å². The maximum Gasteiger partial charge on any atom is 0.308 e. The highest BCUT2D eigenvalue weighted by Gasteiger charge is 2.36. The van der Waals surface area contributed by atoms with Gasteiger partial charge in [0.2, 0.25) is 0 Å². The molecular weight excluding hydrogens is 540 g/mol. The fourth-order valence-corrected chi connectivity index (χ4v) is 4.70. The first-order valence-electron chi connectivity index (χ1n) is 13.5. The first kappa shape index (κ1) is 30.5. The second-order valence-corrected chi connectivity index (χ2v) is 11.3. The molecule has 222 valence electrons. The number of rotatable bonds is 5. The largest absolute Gasteiger partial charge is 0.508 e. The van der Waals surface area contributed by atoms with E-state index >= 15 is 0 Å². The van der Waals surface area contributed by atoms with Gasteiger partial charge < -0.3 is 34.3 Å². The highest BCUT2D eigenvalue weighted by atomic mass is 16.5. The van der Waals surface area contributed by atoms with Crippen LogP contribution in [0.1, 0.15) is 61.7 Å². The van der Waals surface area contributed by atoms with Crippen molar-refractivity contribution in [3.8, 4) is 34.5 Å². The summed E-state index contributed by atoms with van der Waals surface area (Å²) in [7, 11) is 1.56. The number of hydrogen-bond donors (Lipinski definition) is 3. The lowest BCUT2D eigenvalue weighted by atomic mass is 9.89. The molecule has 0 spiro atoms. The minimum atomic E-state index is -0.758. The molecule has 0 fully saturated rings. The van der Waals surface area contributed by atoms with Crippen LogP contribution in [0.25, 0.3) is 6.08 Å². The predicted octanol–water partition coefficient (Wildman–Crippen LogP) is 5.40. The van der Waals surface area contributed by atoms with Gasteiger partial charge in [-0.1, -0.05) is 6.07 Å². The molecule has 0 aromatic heterocycles. The zero-order valence-corrected chi connectivity index (χ0v) is 24.6. The standard InChI is InChI=1S/C25H28O6.C8H8O3/c1-24(2)9-8-16-20(30-24)7-6-14(23(16)29-5)11-18(26)17-10-15-12-22(28)25(3,4)31-21(15)13-19(17)27;1-6(9)11-8-4-2-7(10)3-5-8/h6-10,13,22,27-28H,11-12H2,1-5H3;2-5,10H,1H3. The lowest BCUT2D eigenvalue weighted by Gasteiger charge is -2.37. The molecule has 0 saturated carbocycles. The summed E-state index contributed by atoms with van der Waals surface area (Å²) in [5, 5.41) is 29.7. The molecular formula is C33H36O9. The fraction of sp³-hybridized carbons (Fsp3) is 0.333. The number of esters is 1. The molecule has 2 aliphatic heterocycles. The number of phenolic OH excluding ortho intramolecular Hbond substituents is 2. The molecule has 0 aliphatic carbocycles. The summed E-state index contributed by atoms with van der Waals surface area (Å²) >= 11 is 0. The molecule has 0 bridgehead atoms. The molecule has 0 amide bonds. The van der Waals surface area contributed by atoms with Crippen LogP contribution < -0.4 is 18.9 Å². The molecule has 0 radical (unpaired) electrons. The number of carbonyl (C=O) groups excluding carboxylic acids is 2. The SMILES string of the molecule is CC(=O)Oc1ccc(O)cc1.COc1c(CC(=O)c2cc3c(cc2O)OC(C)(C)C(O)C3)ccc2c1C=CC(C)(C)O2. The van der Waals surface area contributed by atoms with Crippen LogP contribution in [0.2, 0.25) is 0 Å². The van der Waals surface area contributed by atoms with E-state index in [2.05, 4.69) is 0 Å². The van der Waals surface area contributed by atoms with E-state index in [0.717, 1.165) is 5.56 Å². The number of benzene rings is 3. The van der Waals surface area contributed by atoms with Crippen molar-refractivity contribution in [1.29, 1.82) is 0 Å². The van der Waals surface area contributed by atoms with E-state index in [1.54, 1.807) is 27.0 Å². The van der Waals surface area contributed by atoms with Crippen molar-refractivity contribution in [1.82, 2.24) is 0 Å². The zero-order chi connectivity index (χ0) is 30.8. The third-order valence-electron chi connectivity index (χ3n) is 6.98. The van der Waals surface area contributed by atoms with Crippen LogP contribution in [-0.4, -0.2) is 51.5 Å². The normalized spacial score (nSPS) is 17.3. The van der Waals surface area contributed by atoms with Crippen LogP contribution in [0.3, 0.4) is 0 Å². The first-order valence-corrected chi connectivity index (χ1v) is 13.5. The van der Waals surface area contributed by atoms with Crippen LogP contribution in [0.15, 0.2) is 54.6 Å². The Hall–Kier alpha value is -4.50. The number of aromatic hydroxyl groups is 2. The van der Waals surface area contributed by atoms with E-state index in [9.17, 15) is 19.8 Å². The molecule has 42 heavy (non-hydrogen) atoms. The minimum absolute atomic E-state index is 0.0505. The molecule has 3 aromatic carbocycles. The van der Waals surface area contributed by atoms with Crippen LogP contribution in [-0.2, 0) is 17.6 Å². The Kier molecular flexibility index (Phi) is 8.54. The maximum atomic E-state index is 13.1. The monoisotopic (exact) mass is 576 g/mol. The van der Waals surface area contributed by atoms with Gasteiger partial charge in [0.25, 0.3) is 0 Å². The van der Waals surface area contributed by atoms with Crippen LogP contribution in [0.5, 0.6) is 34.5 Å². The Bertz CT molecular complexity index is 1520. The number of methoxy groups -OCH3 is 1. The Balaban J connectivity index is 0.000000310. The molecule has 1 unspecified atom stereocenters. The lowest BCUT2D eigenvalue weighted by Crippen LogP contribution is -2.46. The maximum absolute atomic E-state index is 13.1. The molecule has 2 aliphatic rings. The van der Waals surface area contributed by atoms with E-state index in [4.69, 9.17) is 24.1 Å². The third-order valence-corrected chi connectivity index (χ3v) is 6.98. The second kappa shape index (κ2) is 11.8. The van der Waals surface area contributed by atoms with E-state index in [-0.39, 0.29) is 35.2 Å². The molecule has 3 aromatic rings. The Morgan fingerprint density at radius 3 is 2.31 bits per heavy atom. The molecule has 2 heterocycles. The first-order chi connectivity index (χ1) is 19.7. The number of aliphatic hydroxyl groups is 1. The summed E-state index contributed by atoms with van der Waals surface area (Å²) in [6.45, 7) is 8.84. The highest BCUT2D eigenvalue weighted by Crippen LogP contribution is 2.41. The average molecular weight is 577 g/mol. The average Bonchev–Trinajstić information content (AvgIpc) is 2.90. The number of fused-ring (bicyclic) bond motifs is 2. The Morgan fingerprint density at radius 2 is 1.67 bits per heavy atom. The van der Waals surface area contributed by atoms with Gasteiger partial charge in [-0.3, -0.25) is 9.59 Å². The van der Waals surface area contributed by atoms with Crippen molar-refractivity contribution in [3.05, 3.63) is 76.9 Å². The third kappa shape index (κ3) is 6.86. The molecule has 9 heteroatoms. The van der Waals surface area contributed by atoms with Crippen LogP contribution in [0.4, 0.5) is 0 Å². The number of Topliss-reactive ketones (excluding diaryl/α,β-unsaturated/α-hetero) is 1. The molecule has 1 atom stereocenters. The summed E-state index contributed by atoms with van der Waals surface area (Å²) in [6, 6.07) is 12.7. The zero-order valence-electron chi connectivity index (χ0n) is 24.6. The number of ether oxygens (including phenoxy) is 4. The van der Waals surface area contributed by atoms with Gasteiger partial charge in [-0.25, -0.2) is 0 Å². The number of ketones is 1. The van der Waals surface area contributed by atoms with E-state index in [1.807, 2.05) is 38.1 Å². The van der Waals surface area contributed by atoms with Crippen molar-refractivity contribution in [3.63, 3.8) is 0 Å². The summed E-state index contributed by atoms with van der Waals surface area (Å²) in [6.07, 6.45) is 3.59. The van der Waals surface area contributed by atoms with Crippen molar-refractivity contribution < 1.29 is 43.9 Å². The van der Waals surface area contributed by atoms with Gasteiger partial charge in [0.15, 0.2) is 5.78 Å². The van der Waals surface area contributed by atoms with Gasteiger partial charge in [-0.2, -0.15) is 0 Å². The minimum Gasteiger partial charge on any atom is -0.508 e. The molecule has 0 saturated heterocycles. The smallest absolute Gasteiger partial charge is 0.308 e. The Morgan fingerprint density at radius 1 is 0.976 bits per heavy atom. The molecule has 9 nitrogen and oxygen atoms in total. The lowest BCUT2D eigenvalue weighted by molar-refractivity contribution is -0.131. The van der Waals surface area contributed by atoms with Crippen molar-refractivity contribution in [2.45, 2.75) is 64.8 Å². The van der Waals surface area contributed by atoms with Crippen molar-refractivity contribution >= 4 is 17.8 Å².